The number of fused-ring (bicyclic) bond motifs is 1. The lowest BCUT2D eigenvalue weighted by Crippen LogP contribution is -2.30. The van der Waals surface area contributed by atoms with Crippen LogP contribution in [0.25, 0.3) is 21.6 Å². The van der Waals surface area contributed by atoms with Gasteiger partial charge in [-0.1, -0.05) is 13.8 Å². The predicted molar refractivity (Wildman–Crippen MR) is 131 cm³/mol. The number of aryl methyl sites for hydroxylation is 1. The summed E-state index contributed by atoms with van der Waals surface area (Å²) < 4.78 is 11.8. The zero-order chi connectivity index (χ0) is 21.4. The first-order valence-corrected chi connectivity index (χ1v) is 10.8. The minimum atomic E-state index is -0.856. The van der Waals surface area contributed by atoms with Crippen molar-refractivity contribution in [1.82, 2.24) is 15.3 Å². The van der Waals surface area contributed by atoms with Gasteiger partial charge in [0, 0.05) is 35.4 Å². The number of aliphatic carboxylic acids is 1. The highest BCUT2D eigenvalue weighted by Crippen LogP contribution is 2.37. The third kappa shape index (κ3) is 5.09. The van der Waals surface area contributed by atoms with Gasteiger partial charge in [-0.15, -0.1) is 36.2 Å². The van der Waals surface area contributed by atoms with E-state index in [4.69, 9.17) is 19.4 Å². The molecule has 1 aliphatic rings. The number of hydrogen-bond acceptors (Lipinski definition) is 7. The number of rotatable bonds is 6. The molecule has 0 radical (unpaired) electrons. The summed E-state index contributed by atoms with van der Waals surface area (Å²) in [5.41, 5.74) is 3.50. The second-order valence-electron chi connectivity index (χ2n) is 7.80. The molecule has 3 heterocycles. The standard InChI is InChI=1S/C22H25N3O4S.2ClH/c1-11(2)17-10-30-21(25-17)15-8-19(29-13-7-16(22(26)27)23-9-13)14-5-6-18(28-4)12(3)20(14)24-15;;/h5-6,8,10-11,13,16,23H,7,9H2,1-4H3,(H,26,27);2*1H/t13-,16+;;/m1../s1. The number of ether oxygens (including phenoxy) is 2. The highest BCUT2D eigenvalue weighted by atomic mass is 35.5. The lowest BCUT2D eigenvalue weighted by molar-refractivity contribution is -0.139. The van der Waals surface area contributed by atoms with Gasteiger partial charge >= 0.3 is 5.97 Å². The largest absolute Gasteiger partial charge is 0.496 e. The Kier molecular flexibility index (Phi) is 8.70. The van der Waals surface area contributed by atoms with Crippen molar-refractivity contribution in [3.8, 4) is 22.2 Å². The van der Waals surface area contributed by atoms with E-state index >= 15 is 0 Å². The number of hydrogen-bond donors (Lipinski definition) is 2. The minimum Gasteiger partial charge on any atom is -0.496 e. The fourth-order valence-corrected chi connectivity index (χ4v) is 4.58. The van der Waals surface area contributed by atoms with E-state index in [2.05, 4.69) is 24.5 Å². The Labute approximate surface area is 203 Å². The molecule has 32 heavy (non-hydrogen) atoms. The maximum Gasteiger partial charge on any atom is 0.320 e. The fourth-order valence-electron chi connectivity index (χ4n) is 3.64. The van der Waals surface area contributed by atoms with Gasteiger partial charge in [0.2, 0.25) is 0 Å². The van der Waals surface area contributed by atoms with Gasteiger partial charge in [-0.25, -0.2) is 9.97 Å². The molecular formula is C22H27Cl2N3O4S. The molecule has 1 aromatic carbocycles. The van der Waals surface area contributed by atoms with E-state index < -0.39 is 12.0 Å². The average molecular weight is 500 g/mol. The number of nitrogens with one attached hydrogen (secondary N) is 1. The number of halogens is 2. The number of thiazole rings is 1. The van der Waals surface area contributed by atoms with Crippen LogP contribution in [0.1, 0.15) is 37.4 Å². The van der Waals surface area contributed by atoms with Crippen LogP contribution < -0.4 is 14.8 Å². The molecular weight excluding hydrogens is 473 g/mol. The summed E-state index contributed by atoms with van der Waals surface area (Å²) in [6, 6.07) is 5.16. The molecule has 2 atom stereocenters. The molecule has 10 heteroatoms. The lowest BCUT2D eigenvalue weighted by atomic mass is 10.1. The predicted octanol–water partition coefficient (Wildman–Crippen LogP) is 4.84. The van der Waals surface area contributed by atoms with E-state index in [0.29, 0.717) is 24.6 Å². The summed E-state index contributed by atoms with van der Waals surface area (Å²) in [6.07, 6.45) is 0.188. The summed E-state index contributed by atoms with van der Waals surface area (Å²) in [6.45, 7) is 6.69. The molecule has 0 aliphatic carbocycles. The molecule has 174 valence electrons. The van der Waals surface area contributed by atoms with Gasteiger partial charge in [-0.05, 0) is 25.0 Å². The molecule has 0 unspecified atom stereocenters. The lowest BCUT2D eigenvalue weighted by Gasteiger charge is -2.17. The molecule has 0 bridgehead atoms. The Bertz CT molecular complexity index is 1110. The topological polar surface area (TPSA) is 93.6 Å². The van der Waals surface area contributed by atoms with E-state index in [1.807, 2.05) is 25.1 Å². The minimum absolute atomic E-state index is 0. The maximum absolute atomic E-state index is 11.3. The van der Waals surface area contributed by atoms with Crippen LogP contribution in [0, 0.1) is 6.92 Å². The monoisotopic (exact) mass is 499 g/mol. The van der Waals surface area contributed by atoms with Crippen LogP contribution in [0.2, 0.25) is 0 Å². The van der Waals surface area contributed by atoms with Crippen molar-refractivity contribution in [3.63, 3.8) is 0 Å². The normalized spacial score (nSPS) is 17.7. The molecule has 2 N–H and O–H groups in total. The van der Waals surface area contributed by atoms with Crippen molar-refractivity contribution in [1.29, 1.82) is 0 Å². The quantitative estimate of drug-likeness (QED) is 0.501. The number of carbonyl (C=O) groups is 1. The van der Waals surface area contributed by atoms with Crippen molar-refractivity contribution in [2.45, 2.75) is 45.3 Å². The van der Waals surface area contributed by atoms with Crippen LogP contribution in [0.15, 0.2) is 23.6 Å². The van der Waals surface area contributed by atoms with E-state index in [9.17, 15) is 9.90 Å². The van der Waals surface area contributed by atoms with Crippen molar-refractivity contribution in [2.75, 3.05) is 13.7 Å². The summed E-state index contributed by atoms with van der Waals surface area (Å²) in [5, 5.41) is 16.0. The molecule has 0 saturated carbocycles. The van der Waals surface area contributed by atoms with Gasteiger partial charge < -0.3 is 19.9 Å². The van der Waals surface area contributed by atoms with Crippen LogP contribution in [-0.4, -0.2) is 46.8 Å². The zero-order valence-electron chi connectivity index (χ0n) is 18.2. The number of benzene rings is 1. The molecule has 2 aromatic heterocycles. The van der Waals surface area contributed by atoms with Crippen LogP contribution in [-0.2, 0) is 4.79 Å². The molecule has 4 rings (SSSR count). The van der Waals surface area contributed by atoms with Crippen LogP contribution >= 0.6 is 36.2 Å². The number of aromatic nitrogens is 2. The van der Waals surface area contributed by atoms with E-state index in [0.717, 1.165) is 38.6 Å². The number of carboxylic acids is 1. The van der Waals surface area contributed by atoms with Gasteiger partial charge in [-0.3, -0.25) is 4.79 Å². The highest BCUT2D eigenvalue weighted by molar-refractivity contribution is 7.13. The van der Waals surface area contributed by atoms with Crippen LogP contribution in [0.4, 0.5) is 0 Å². The number of pyridine rings is 1. The maximum atomic E-state index is 11.3. The SMILES string of the molecule is COc1ccc2c(O[C@H]3CN[C@H](C(=O)O)C3)cc(-c3nc(C(C)C)cs3)nc2c1C.Cl.Cl. The van der Waals surface area contributed by atoms with Crippen LogP contribution in [0.5, 0.6) is 11.5 Å². The number of methoxy groups -OCH3 is 1. The van der Waals surface area contributed by atoms with Gasteiger partial charge in [0.1, 0.15) is 34.3 Å². The molecule has 3 aromatic rings. The Morgan fingerprint density at radius 2 is 2.00 bits per heavy atom. The van der Waals surface area contributed by atoms with Crippen molar-refractivity contribution in [3.05, 3.63) is 34.8 Å². The summed E-state index contributed by atoms with van der Waals surface area (Å²) in [4.78, 5) is 20.9. The first kappa shape index (κ1) is 26.1. The second kappa shape index (κ2) is 10.7. The highest BCUT2D eigenvalue weighted by Gasteiger charge is 2.31. The third-order valence-corrected chi connectivity index (χ3v) is 6.26. The Hall–Kier alpha value is -2.13. The summed E-state index contributed by atoms with van der Waals surface area (Å²) in [5.74, 6) is 0.921. The molecule has 0 spiro atoms. The number of carboxylic acid groups (broad SMARTS) is 1. The van der Waals surface area contributed by atoms with E-state index in [-0.39, 0.29) is 30.9 Å². The van der Waals surface area contributed by atoms with E-state index in [1.165, 1.54) is 0 Å². The first-order valence-electron chi connectivity index (χ1n) is 9.94. The van der Waals surface area contributed by atoms with Gasteiger partial charge in [-0.2, -0.15) is 0 Å². The van der Waals surface area contributed by atoms with Gasteiger partial charge in [0.05, 0.1) is 18.3 Å². The van der Waals surface area contributed by atoms with E-state index in [1.54, 1.807) is 18.4 Å². The fraction of sp³-hybridized carbons (Fsp3) is 0.409. The Balaban J connectivity index is 0.00000181. The third-order valence-electron chi connectivity index (χ3n) is 5.38. The molecule has 7 nitrogen and oxygen atoms in total. The van der Waals surface area contributed by atoms with Gasteiger partial charge in [0.15, 0.2) is 0 Å². The molecule has 1 fully saturated rings. The summed E-state index contributed by atoms with van der Waals surface area (Å²) in [7, 11) is 1.64. The number of nitrogens with zero attached hydrogens (tertiary/aromatic N) is 2. The van der Waals surface area contributed by atoms with Crippen molar-refractivity contribution >= 4 is 53.0 Å². The zero-order valence-corrected chi connectivity index (χ0v) is 20.7. The van der Waals surface area contributed by atoms with Gasteiger partial charge in [0.25, 0.3) is 0 Å². The summed E-state index contributed by atoms with van der Waals surface area (Å²) >= 11 is 1.56. The smallest absolute Gasteiger partial charge is 0.320 e. The Morgan fingerprint density at radius 1 is 1.25 bits per heavy atom. The van der Waals surface area contributed by atoms with Crippen LogP contribution in [0.3, 0.4) is 0 Å². The van der Waals surface area contributed by atoms with Crippen molar-refractivity contribution in [2.24, 2.45) is 0 Å². The molecule has 1 saturated heterocycles. The molecule has 1 aliphatic heterocycles. The second-order valence-corrected chi connectivity index (χ2v) is 8.66. The molecule has 0 amide bonds. The first-order chi connectivity index (χ1) is 14.4. The average Bonchev–Trinajstić information content (AvgIpc) is 3.38. The van der Waals surface area contributed by atoms with Crippen molar-refractivity contribution < 1.29 is 19.4 Å². The Morgan fingerprint density at radius 3 is 2.59 bits per heavy atom.